The molecule has 15 aliphatic carbocycles. The second-order valence-electron chi connectivity index (χ2n) is 28.2. The van der Waals surface area contributed by atoms with Crippen LogP contribution in [0.4, 0.5) is 0 Å². The van der Waals surface area contributed by atoms with Gasteiger partial charge in [0.1, 0.15) is 16.6 Å². The Kier molecular flexibility index (Phi) is 14.4. The van der Waals surface area contributed by atoms with Crippen LogP contribution in [0.15, 0.2) is 72.8 Å². The molecule has 15 aliphatic rings. The number of rotatable bonds is 10. The van der Waals surface area contributed by atoms with E-state index >= 15 is 0 Å². The van der Waals surface area contributed by atoms with Gasteiger partial charge in [-0.2, -0.15) is 0 Å². The normalized spacial score (nSPS) is 35.1. The van der Waals surface area contributed by atoms with Gasteiger partial charge in [0, 0.05) is 49.4 Å². The summed E-state index contributed by atoms with van der Waals surface area (Å²) in [5.74, 6) is 4.57. The summed E-state index contributed by atoms with van der Waals surface area (Å²) in [4.78, 5) is 75.0. The second-order valence-corrected chi connectivity index (χ2v) is 28.2. The van der Waals surface area contributed by atoms with E-state index in [4.69, 9.17) is 15.2 Å². The molecule has 13 nitrogen and oxygen atoms in total. The molecule has 3 aromatic carbocycles. The zero-order valence-corrected chi connectivity index (χ0v) is 47.2. The lowest BCUT2D eigenvalue weighted by molar-refractivity contribution is -0.164. The van der Waals surface area contributed by atoms with Crippen molar-refractivity contribution < 1.29 is 48.5 Å². The Balaban J connectivity index is 0.000000111. The van der Waals surface area contributed by atoms with E-state index in [-0.39, 0.29) is 40.0 Å². The van der Waals surface area contributed by atoms with Gasteiger partial charge < -0.3 is 36.1 Å². The highest BCUT2D eigenvalue weighted by molar-refractivity contribution is 5.93. The Morgan fingerprint density at radius 3 is 0.963 bits per heavy atom. The summed E-state index contributed by atoms with van der Waals surface area (Å²) in [6.07, 6.45) is 23.7. The third-order valence-corrected chi connectivity index (χ3v) is 22.3. The monoisotopic (exact) mass is 1090 g/mol. The molecule has 2 amide bonds. The maximum atomic E-state index is 13.6. The van der Waals surface area contributed by atoms with Gasteiger partial charge in [-0.05, 0) is 216 Å². The summed E-state index contributed by atoms with van der Waals surface area (Å²) < 4.78 is 10.4. The molecule has 0 unspecified atom stereocenters. The number of nitrogens with one attached hydrogen (secondary N) is 2. The average molecular weight is 1090 g/mol. The lowest BCUT2D eigenvalue weighted by Crippen LogP contribution is -2.62. The molecule has 12 bridgehead atoms. The number of hydrogen-bond acceptors (Lipinski definition) is 9. The van der Waals surface area contributed by atoms with Gasteiger partial charge in [0.05, 0.1) is 18.6 Å². The first kappa shape index (κ1) is 55.0. The van der Waals surface area contributed by atoms with E-state index in [9.17, 15) is 39.0 Å². The number of amides is 2. The smallest absolute Gasteiger partial charge is 0.332 e. The SMILES string of the molecule is CCOC(=O)C1(N)Cc2ccccc2C1.CCOC(=O)C1(NC(=O)C23CC4CC(CC(C4)C2)C3)Cc2ccccc2C1.O=C(NC1(C(=O)O)Cc2ccccc2C1)C12CC3CC(CC(C3)C1)C2.O=C(O)C12CC3CC(CC(C3)C1)C2. The zero-order valence-electron chi connectivity index (χ0n) is 47.2. The minimum Gasteiger partial charge on any atom is -0.481 e. The van der Waals surface area contributed by atoms with Gasteiger partial charge in [0.25, 0.3) is 0 Å². The fourth-order valence-corrected chi connectivity index (χ4v) is 20.0. The van der Waals surface area contributed by atoms with Crippen LogP contribution < -0.4 is 16.4 Å². The number of benzene rings is 3. The van der Waals surface area contributed by atoms with Gasteiger partial charge in [-0.25, -0.2) is 9.59 Å². The Hall–Kier alpha value is -5.56. The fraction of sp³-hybridized carbons (Fsp3) is 0.642. The van der Waals surface area contributed by atoms with Crippen molar-refractivity contribution in [3.8, 4) is 0 Å². The summed E-state index contributed by atoms with van der Waals surface area (Å²) in [6.45, 7) is 4.34. The highest BCUT2D eigenvalue weighted by Crippen LogP contribution is 2.63. The first-order valence-corrected chi connectivity index (χ1v) is 30.8. The maximum absolute atomic E-state index is 13.6. The molecule has 428 valence electrons. The summed E-state index contributed by atoms with van der Waals surface area (Å²) in [6, 6.07) is 23.9. The average Bonchev–Trinajstić information content (AvgIpc) is 4.17. The largest absolute Gasteiger partial charge is 0.481 e. The first-order chi connectivity index (χ1) is 38.3. The first-order valence-electron chi connectivity index (χ1n) is 30.8. The summed E-state index contributed by atoms with van der Waals surface area (Å²) >= 11 is 0. The number of fused-ring (bicyclic) bond motifs is 3. The molecule has 0 saturated heterocycles. The van der Waals surface area contributed by atoms with Gasteiger partial charge >= 0.3 is 23.9 Å². The molecule has 6 N–H and O–H groups in total. The highest BCUT2D eigenvalue weighted by Gasteiger charge is 2.60. The predicted octanol–water partition coefficient (Wildman–Crippen LogP) is 9.69. The van der Waals surface area contributed by atoms with Crippen LogP contribution in [0.2, 0.25) is 0 Å². The zero-order chi connectivity index (χ0) is 55.8. The Bertz CT molecular complexity index is 2740. The van der Waals surface area contributed by atoms with E-state index in [1.165, 1.54) is 57.8 Å². The lowest BCUT2D eigenvalue weighted by atomic mass is 9.49. The van der Waals surface area contributed by atoms with Crippen LogP contribution in [-0.2, 0) is 76.8 Å². The number of hydrogen-bond donors (Lipinski definition) is 5. The van der Waals surface area contributed by atoms with Crippen molar-refractivity contribution in [2.75, 3.05) is 13.2 Å². The van der Waals surface area contributed by atoms with Crippen LogP contribution in [0.3, 0.4) is 0 Å². The standard InChI is InChI=1S/C23H29NO3.C21H25NO3.C12H15NO2.C11H16O2/c1-2-27-21(26)23(13-18-5-3-4-6-19(18)14-23)24-20(25)22-10-15-7-16(11-22)9-17(8-15)12-22;23-18(20-8-13-5-14(9-20)7-15(6-13)10-20)22-21(19(24)25)11-16-3-1-2-4-17(16)12-21;1-2-15-11(14)12(13)7-9-5-3-4-6-10(9)8-12;12-10(13)11-4-7-1-8(5-11)3-9(2-7)6-11/h3-6,15-17H,2,7-14H2,1H3,(H,24,25);1-4,13-15H,5-12H2,(H,22,23)(H,24,25);3-6H,2,7-8,13H2,1H3;7-9H,1-6H2,(H,12,13). The van der Waals surface area contributed by atoms with E-state index in [2.05, 4.69) is 22.8 Å². The molecule has 0 aliphatic heterocycles. The molecule has 12 fully saturated rings. The minimum absolute atomic E-state index is 0.0156. The van der Waals surface area contributed by atoms with Crippen LogP contribution in [0.25, 0.3) is 0 Å². The van der Waals surface area contributed by atoms with Crippen LogP contribution in [0, 0.1) is 69.5 Å². The third kappa shape index (κ3) is 10.2. The minimum atomic E-state index is -1.16. The number of ether oxygens (including phenoxy) is 2. The van der Waals surface area contributed by atoms with Crippen molar-refractivity contribution in [2.45, 2.75) is 185 Å². The van der Waals surface area contributed by atoms with E-state index in [1.54, 1.807) is 6.92 Å². The molecule has 0 atom stereocenters. The van der Waals surface area contributed by atoms with Crippen molar-refractivity contribution >= 4 is 35.7 Å². The second kappa shape index (κ2) is 21.0. The maximum Gasteiger partial charge on any atom is 0.332 e. The molecule has 80 heavy (non-hydrogen) atoms. The number of carboxylic acid groups (broad SMARTS) is 2. The molecule has 0 spiro atoms. The summed E-state index contributed by atoms with van der Waals surface area (Å²) in [7, 11) is 0. The van der Waals surface area contributed by atoms with E-state index in [0.717, 1.165) is 109 Å². The van der Waals surface area contributed by atoms with Crippen molar-refractivity contribution in [2.24, 2.45) is 75.2 Å². The van der Waals surface area contributed by atoms with Gasteiger partial charge in [0.2, 0.25) is 11.8 Å². The number of esters is 2. The van der Waals surface area contributed by atoms with E-state index in [0.29, 0.717) is 87.2 Å². The topological polar surface area (TPSA) is 211 Å². The Morgan fingerprint density at radius 1 is 0.412 bits per heavy atom. The van der Waals surface area contributed by atoms with Gasteiger partial charge in [0.15, 0.2) is 0 Å². The third-order valence-electron chi connectivity index (χ3n) is 22.3. The Labute approximate surface area is 472 Å². The van der Waals surface area contributed by atoms with Crippen molar-refractivity contribution in [1.29, 1.82) is 0 Å². The fourth-order valence-electron chi connectivity index (χ4n) is 20.0. The van der Waals surface area contributed by atoms with E-state index in [1.807, 2.05) is 67.6 Å². The number of carboxylic acids is 2. The van der Waals surface area contributed by atoms with Gasteiger partial charge in [-0.3, -0.25) is 19.2 Å². The Morgan fingerprint density at radius 2 is 0.675 bits per heavy atom. The molecular formula is C67H85N3O10. The number of nitrogens with two attached hydrogens (primary N) is 1. The summed E-state index contributed by atoms with van der Waals surface area (Å²) in [5, 5.41) is 25.6. The summed E-state index contributed by atoms with van der Waals surface area (Å²) in [5.41, 5.74) is 9.02. The molecular weight excluding hydrogens is 1010 g/mol. The number of carbonyl (C=O) groups is 6. The predicted molar refractivity (Wildman–Crippen MR) is 301 cm³/mol. The lowest BCUT2D eigenvalue weighted by Gasteiger charge is -2.56. The van der Waals surface area contributed by atoms with E-state index < -0.39 is 28.6 Å². The number of aliphatic carboxylic acids is 2. The van der Waals surface area contributed by atoms with Crippen LogP contribution in [-0.4, -0.2) is 75.7 Å². The van der Waals surface area contributed by atoms with Crippen molar-refractivity contribution in [1.82, 2.24) is 10.6 Å². The van der Waals surface area contributed by atoms with Crippen LogP contribution in [0.1, 0.15) is 163 Å². The van der Waals surface area contributed by atoms with Gasteiger partial charge in [-0.1, -0.05) is 72.8 Å². The van der Waals surface area contributed by atoms with Crippen LogP contribution in [0.5, 0.6) is 0 Å². The molecule has 3 aromatic rings. The van der Waals surface area contributed by atoms with Crippen LogP contribution >= 0.6 is 0 Å². The quantitative estimate of drug-likeness (QED) is 0.121. The molecule has 0 heterocycles. The molecule has 13 heteroatoms. The van der Waals surface area contributed by atoms with Crippen molar-refractivity contribution in [3.05, 3.63) is 106 Å². The molecule has 12 saturated carbocycles. The molecule has 0 radical (unpaired) electrons. The molecule has 0 aromatic heterocycles. The molecule has 18 rings (SSSR count). The highest BCUT2D eigenvalue weighted by atomic mass is 16.5. The van der Waals surface area contributed by atoms with Crippen molar-refractivity contribution in [3.63, 3.8) is 0 Å². The van der Waals surface area contributed by atoms with Gasteiger partial charge in [-0.15, -0.1) is 0 Å². The number of carbonyl (C=O) groups excluding carboxylic acids is 4.